The summed E-state index contributed by atoms with van der Waals surface area (Å²) in [6.45, 7) is 1.83. The van der Waals surface area contributed by atoms with E-state index < -0.39 is 11.6 Å². The predicted octanol–water partition coefficient (Wildman–Crippen LogP) is 5.56. The van der Waals surface area contributed by atoms with Crippen molar-refractivity contribution in [2.24, 2.45) is 4.99 Å². The number of ether oxygens (including phenoxy) is 1. The SMILES string of the molecule is CC[C@@]1(O)C(=O)OCc2c1cc1n(c2=O)Cc2c-1nc1ccccc1c2C=Nc1ccc(Sc2ccc(N)cc2)cc1. The van der Waals surface area contributed by atoms with Gasteiger partial charge in [-0.15, -0.1) is 0 Å². The number of nitrogens with zero attached hydrogens (tertiary/aromatic N) is 3. The van der Waals surface area contributed by atoms with Gasteiger partial charge in [-0.05, 0) is 67.1 Å². The fourth-order valence-electron chi connectivity index (χ4n) is 5.62. The maximum Gasteiger partial charge on any atom is 0.343 e. The molecule has 3 N–H and O–H groups in total. The molecule has 0 saturated heterocycles. The lowest BCUT2D eigenvalue weighted by atomic mass is 9.86. The van der Waals surface area contributed by atoms with Gasteiger partial charge in [0, 0.05) is 43.8 Å². The van der Waals surface area contributed by atoms with Crippen LogP contribution in [0.4, 0.5) is 11.4 Å². The number of aliphatic imine (C=N–C) groups is 1. The third-order valence-electron chi connectivity index (χ3n) is 7.93. The highest BCUT2D eigenvalue weighted by molar-refractivity contribution is 7.99. The number of aromatic nitrogens is 2. The van der Waals surface area contributed by atoms with Crippen LogP contribution in [-0.2, 0) is 28.3 Å². The number of anilines is 1. The van der Waals surface area contributed by atoms with Gasteiger partial charge in [0.2, 0.25) is 0 Å². The average molecular weight is 575 g/mol. The molecule has 3 aromatic carbocycles. The van der Waals surface area contributed by atoms with E-state index in [-0.39, 0.29) is 18.6 Å². The summed E-state index contributed by atoms with van der Waals surface area (Å²) in [7, 11) is 0. The van der Waals surface area contributed by atoms with Crippen LogP contribution < -0.4 is 11.3 Å². The Morgan fingerprint density at radius 2 is 1.76 bits per heavy atom. The van der Waals surface area contributed by atoms with Gasteiger partial charge in [-0.25, -0.2) is 9.78 Å². The van der Waals surface area contributed by atoms with Crippen LogP contribution in [0, 0.1) is 0 Å². The molecule has 0 amide bonds. The zero-order valence-electron chi connectivity index (χ0n) is 22.7. The first-order valence-electron chi connectivity index (χ1n) is 13.6. The molecule has 0 radical (unpaired) electrons. The lowest BCUT2D eigenvalue weighted by Crippen LogP contribution is -2.44. The molecular weight excluding hydrogens is 548 g/mol. The monoisotopic (exact) mass is 574 g/mol. The number of pyridine rings is 2. The van der Waals surface area contributed by atoms with E-state index in [0.717, 1.165) is 43.2 Å². The van der Waals surface area contributed by atoms with Crippen molar-refractivity contribution in [1.82, 2.24) is 9.55 Å². The van der Waals surface area contributed by atoms with Gasteiger partial charge in [0.05, 0.1) is 34.7 Å². The standard InChI is InChI=1S/C33H26N4O4S/c1-2-33(40)27-15-29-30-25(17-37(29)31(38)26(27)18-41-32(33)39)24(23-5-3-4-6-28(23)36-30)16-35-20-9-13-22(14-10-20)42-21-11-7-19(34)8-12-21/h3-16,40H,2,17-18,34H2,1H3/t33-/m0/s1. The number of carbonyl (C=O) groups is 1. The minimum absolute atomic E-state index is 0.0922. The van der Waals surface area contributed by atoms with E-state index in [4.69, 9.17) is 20.4 Å². The van der Waals surface area contributed by atoms with Gasteiger partial charge >= 0.3 is 5.97 Å². The molecule has 2 aromatic heterocycles. The molecular formula is C33H26N4O4S. The minimum atomic E-state index is -1.87. The van der Waals surface area contributed by atoms with E-state index in [1.54, 1.807) is 29.3 Å². The number of nitrogen functional groups attached to an aromatic ring is 1. The van der Waals surface area contributed by atoms with Crippen LogP contribution in [-0.4, -0.2) is 26.8 Å². The van der Waals surface area contributed by atoms with Gasteiger partial charge in [0.25, 0.3) is 5.56 Å². The molecule has 0 unspecified atom stereocenters. The molecule has 1 atom stereocenters. The molecule has 0 spiro atoms. The first-order valence-corrected chi connectivity index (χ1v) is 14.4. The van der Waals surface area contributed by atoms with E-state index >= 15 is 0 Å². The Morgan fingerprint density at radius 3 is 2.50 bits per heavy atom. The number of aliphatic hydroxyl groups is 1. The summed E-state index contributed by atoms with van der Waals surface area (Å²) in [6.07, 6.45) is 1.92. The molecule has 9 heteroatoms. The van der Waals surface area contributed by atoms with Gasteiger partial charge < -0.3 is 20.1 Å². The highest BCUT2D eigenvalue weighted by Gasteiger charge is 2.45. The number of carbonyl (C=O) groups excluding carboxylic acids is 1. The lowest BCUT2D eigenvalue weighted by molar-refractivity contribution is -0.172. The summed E-state index contributed by atoms with van der Waals surface area (Å²) in [5.41, 5.74) is 9.46. The van der Waals surface area contributed by atoms with Gasteiger partial charge in [-0.1, -0.05) is 36.9 Å². The number of hydrogen-bond acceptors (Lipinski definition) is 8. The zero-order valence-corrected chi connectivity index (χ0v) is 23.5. The quantitative estimate of drug-likeness (QED) is 0.157. The summed E-state index contributed by atoms with van der Waals surface area (Å²) in [6, 6.07) is 25.3. The van der Waals surface area contributed by atoms with E-state index in [1.165, 1.54) is 0 Å². The summed E-state index contributed by atoms with van der Waals surface area (Å²) in [5.74, 6) is -0.739. The normalized spacial score (nSPS) is 17.2. The maximum atomic E-state index is 13.6. The second-order valence-corrected chi connectivity index (χ2v) is 11.5. The molecule has 7 rings (SSSR count). The van der Waals surface area contributed by atoms with Crippen LogP contribution >= 0.6 is 11.8 Å². The van der Waals surface area contributed by atoms with Crippen molar-refractivity contribution in [3.05, 3.63) is 111 Å². The first kappa shape index (κ1) is 26.2. The Morgan fingerprint density at radius 1 is 1.05 bits per heavy atom. The second-order valence-electron chi connectivity index (χ2n) is 10.4. The Hall–Kier alpha value is -4.73. The number of esters is 1. The molecule has 4 heterocycles. The number of benzene rings is 3. The molecule has 2 aliphatic heterocycles. The largest absolute Gasteiger partial charge is 0.458 e. The van der Waals surface area contributed by atoms with E-state index in [2.05, 4.69) is 0 Å². The summed E-state index contributed by atoms with van der Waals surface area (Å²) in [4.78, 5) is 38.1. The molecule has 5 aromatic rings. The fraction of sp³-hybridized carbons (Fsp3) is 0.152. The Kier molecular flexibility index (Phi) is 6.22. The number of nitrogens with two attached hydrogens (primary N) is 1. The molecule has 2 aliphatic rings. The lowest BCUT2D eigenvalue weighted by Gasteiger charge is -2.31. The summed E-state index contributed by atoms with van der Waals surface area (Å²) in [5, 5.41) is 12.1. The van der Waals surface area contributed by atoms with Crippen molar-refractivity contribution in [2.75, 3.05) is 5.73 Å². The second kappa shape index (κ2) is 9.97. The van der Waals surface area contributed by atoms with Gasteiger partial charge in [-0.2, -0.15) is 0 Å². The Labute approximate surface area is 245 Å². The third kappa shape index (κ3) is 4.20. The van der Waals surface area contributed by atoms with E-state index in [9.17, 15) is 14.7 Å². The number of para-hydroxylation sites is 1. The highest BCUT2D eigenvalue weighted by atomic mass is 32.2. The third-order valence-corrected chi connectivity index (χ3v) is 8.95. The molecule has 0 fully saturated rings. The minimum Gasteiger partial charge on any atom is -0.458 e. The summed E-state index contributed by atoms with van der Waals surface area (Å²) >= 11 is 1.65. The smallest absolute Gasteiger partial charge is 0.343 e. The van der Waals surface area contributed by atoms with Crippen LogP contribution in [0.5, 0.6) is 0 Å². The van der Waals surface area contributed by atoms with Crippen LogP contribution in [0.1, 0.15) is 35.6 Å². The number of cyclic esters (lactones) is 1. The average Bonchev–Trinajstić information content (AvgIpc) is 3.38. The topological polar surface area (TPSA) is 120 Å². The molecule has 8 nitrogen and oxygen atoms in total. The van der Waals surface area contributed by atoms with Crippen molar-refractivity contribution in [2.45, 2.75) is 41.9 Å². The number of hydrogen-bond donors (Lipinski definition) is 2. The van der Waals surface area contributed by atoms with Crippen molar-refractivity contribution in [3.63, 3.8) is 0 Å². The highest BCUT2D eigenvalue weighted by Crippen LogP contribution is 2.40. The van der Waals surface area contributed by atoms with Crippen molar-refractivity contribution in [3.8, 4) is 11.4 Å². The first-order chi connectivity index (χ1) is 20.4. The Balaban J connectivity index is 1.29. The molecule has 0 aliphatic carbocycles. The number of fused-ring (bicyclic) bond motifs is 5. The van der Waals surface area contributed by atoms with Crippen LogP contribution in [0.2, 0.25) is 0 Å². The Bertz CT molecular complexity index is 1980. The number of rotatable bonds is 5. The molecule has 0 bridgehead atoms. The van der Waals surface area contributed by atoms with Crippen molar-refractivity contribution < 1.29 is 14.6 Å². The van der Waals surface area contributed by atoms with E-state index in [1.807, 2.05) is 79.0 Å². The molecule has 42 heavy (non-hydrogen) atoms. The molecule has 0 saturated carbocycles. The summed E-state index contributed by atoms with van der Waals surface area (Å²) < 4.78 is 6.85. The van der Waals surface area contributed by atoms with Crippen LogP contribution in [0.3, 0.4) is 0 Å². The van der Waals surface area contributed by atoms with Crippen LogP contribution in [0.15, 0.2) is 98.4 Å². The van der Waals surface area contributed by atoms with E-state index in [0.29, 0.717) is 29.1 Å². The molecule has 208 valence electrons. The van der Waals surface area contributed by atoms with Crippen molar-refractivity contribution >= 4 is 46.2 Å². The fourth-order valence-corrected chi connectivity index (χ4v) is 6.44. The van der Waals surface area contributed by atoms with Crippen molar-refractivity contribution in [1.29, 1.82) is 0 Å². The van der Waals surface area contributed by atoms with Gasteiger partial charge in [0.1, 0.15) is 6.61 Å². The van der Waals surface area contributed by atoms with Gasteiger partial charge in [0.15, 0.2) is 5.60 Å². The van der Waals surface area contributed by atoms with Crippen LogP contribution in [0.25, 0.3) is 22.3 Å². The zero-order chi connectivity index (χ0) is 29.0. The predicted molar refractivity (Wildman–Crippen MR) is 163 cm³/mol. The van der Waals surface area contributed by atoms with Gasteiger partial charge in [-0.3, -0.25) is 9.79 Å². The maximum absolute atomic E-state index is 13.6.